The summed E-state index contributed by atoms with van der Waals surface area (Å²) in [6.07, 6.45) is 1.60. The van der Waals surface area contributed by atoms with Crippen LogP contribution < -0.4 is 0 Å². The molecule has 0 aliphatic heterocycles. The Bertz CT molecular complexity index is 645. The van der Waals surface area contributed by atoms with Gasteiger partial charge in [0.15, 0.2) is 0 Å². The van der Waals surface area contributed by atoms with E-state index in [4.69, 9.17) is 11.6 Å². The second kappa shape index (κ2) is 5.72. The minimum Gasteiger partial charge on any atom is -0.478 e. The molecule has 0 heterocycles. The molecule has 19 heavy (non-hydrogen) atoms. The third-order valence-corrected chi connectivity index (χ3v) is 3.11. The predicted octanol–water partition coefficient (Wildman–Crippen LogP) is 4.27. The van der Waals surface area contributed by atoms with Gasteiger partial charge in [-0.2, -0.15) is 0 Å². The van der Waals surface area contributed by atoms with Crippen molar-refractivity contribution in [3.8, 4) is 0 Å². The van der Waals surface area contributed by atoms with Crippen molar-refractivity contribution in [1.82, 2.24) is 0 Å². The Kier molecular flexibility index (Phi) is 4.03. The Morgan fingerprint density at radius 2 is 1.89 bits per heavy atom. The number of hydrogen-bond acceptors (Lipinski definition) is 1. The van der Waals surface area contributed by atoms with E-state index in [1.54, 1.807) is 24.3 Å². The third-order valence-electron chi connectivity index (χ3n) is 2.76. The van der Waals surface area contributed by atoms with Gasteiger partial charge in [-0.3, -0.25) is 0 Å². The number of carboxylic acids is 1. The molecule has 2 rings (SSSR count). The monoisotopic (exact) mass is 272 g/mol. The van der Waals surface area contributed by atoms with Gasteiger partial charge < -0.3 is 5.11 Å². The number of aliphatic carboxylic acids is 1. The molecule has 0 aliphatic rings. The van der Waals surface area contributed by atoms with Crippen LogP contribution in [0.25, 0.3) is 11.6 Å². The standard InChI is InChI=1S/C16H13ClO2/c1-11-5-4-7-12(9-11)14(16(18)19)10-13-6-2-3-8-15(13)17/h2-10H,1H3,(H,18,19)/b14-10+. The molecule has 2 aromatic rings. The first-order chi connectivity index (χ1) is 9.08. The Balaban J connectivity index is 2.53. The van der Waals surface area contributed by atoms with E-state index < -0.39 is 5.97 Å². The van der Waals surface area contributed by atoms with E-state index in [-0.39, 0.29) is 5.57 Å². The molecule has 96 valence electrons. The van der Waals surface area contributed by atoms with Crippen molar-refractivity contribution in [3.63, 3.8) is 0 Å². The maximum absolute atomic E-state index is 11.4. The molecule has 1 N–H and O–H groups in total. The van der Waals surface area contributed by atoms with Gasteiger partial charge in [-0.25, -0.2) is 4.79 Å². The van der Waals surface area contributed by atoms with Crippen LogP contribution in [-0.4, -0.2) is 11.1 Å². The van der Waals surface area contributed by atoms with Crippen LogP contribution in [0.2, 0.25) is 5.02 Å². The van der Waals surface area contributed by atoms with Crippen LogP contribution in [0.3, 0.4) is 0 Å². The number of benzene rings is 2. The van der Waals surface area contributed by atoms with Gasteiger partial charge in [0.1, 0.15) is 0 Å². The molecule has 0 fully saturated rings. The normalized spacial score (nSPS) is 11.4. The summed E-state index contributed by atoms with van der Waals surface area (Å²) in [7, 11) is 0. The quantitative estimate of drug-likeness (QED) is 0.669. The fraction of sp³-hybridized carbons (Fsp3) is 0.0625. The Hall–Kier alpha value is -2.06. The Morgan fingerprint density at radius 1 is 1.16 bits per heavy atom. The van der Waals surface area contributed by atoms with Crippen LogP contribution in [-0.2, 0) is 4.79 Å². The minimum absolute atomic E-state index is 0.233. The van der Waals surface area contributed by atoms with Crippen molar-refractivity contribution < 1.29 is 9.90 Å². The van der Waals surface area contributed by atoms with Crippen molar-refractivity contribution in [1.29, 1.82) is 0 Å². The molecule has 0 saturated carbocycles. The lowest BCUT2D eigenvalue weighted by Gasteiger charge is -2.05. The third kappa shape index (κ3) is 3.24. The summed E-state index contributed by atoms with van der Waals surface area (Å²) in [6, 6.07) is 14.6. The van der Waals surface area contributed by atoms with Gasteiger partial charge in [-0.1, -0.05) is 59.6 Å². The molecule has 0 amide bonds. The zero-order chi connectivity index (χ0) is 13.8. The maximum Gasteiger partial charge on any atom is 0.336 e. The molecular weight excluding hydrogens is 260 g/mol. The second-order valence-electron chi connectivity index (χ2n) is 4.25. The van der Waals surface area contributed by atoms with Crippen LogP contribution in [0.1, 0.15) is 16.7 Å². The average Bonchev–Trinajstić information content (AvgIpc) is 2.37. The van der Waals surface area contributed by atoms with E-state index in [1.165, 1.54) is 0 Å². The van der Waals surface area contributed by atoms with Gasteiger partial charge in [-0.15, -0.1) is 0 Å². The summed E-state index contributed by atoms with van der Waals surface area (Å²) in [4.78, 5) is 11.4. The fourth-order valence-corrected chi connectivity index (χ4v) is 2.02. The van der Waals surface area contributed by atoms with Crippen LogP contribution in [0.15, 0.2) is 48.5 Å². The summed E-state index contributed by atoms with van der Waals surface area (Å²) in [5, 5.41) is 9.89. The van der Waals surface area contributed by atoms with Crippen molar-refractivity contribution in [2.75, 3.05) is 0 Å². The van der Waals surface area contributed by atoms with E-state index in [0.717, 1.165) is 5.56 Å². The zero-order valence-electron chi connectivity index (χ0n) is 10.4. The molecule has 2 nitrogen and oxygen atoms in total. The van der Waals surface area contributed by atoms with Crippen LogP contribution in [0.4, 0.5) is 0 Å². The molecule has 0 spiro atoms. The topological polar surface area (TPSA) is 37.3 Å². The van der Waals surface area contributed by atoms with Gasteiger partial charge in [0.05, 0.1) is 5.57 Å². The van der Waals surface area contributed by atoms with E-state index in [2.05, 4.69) is 0 Å². The van der Waals surface area contributed by atoms with E-state index in [0.29, 0.717) is 16.1 Å². The van der Waals surface area contributed by atoms with Gasteiger partial charge in [0.25, 0.3) is 0 Å². The van der Waals surface area contributed by atoms with Crippen molar-refractivity contribution in [2.45, 2.75) is 6.92 Å². The average molecular weight is 273 g/mol. The highest BCUT2D eigenvalue weighted by atomic mass is 35.5. The zero-order valence-corrected chi connectivity index (χ0v) is 11.2. The smallest absolute Gasteiger partial charge is 0.336 e. The number of carbonyl (C=O) groups is 1. The van der Waals surface area contributed by atoms with Crippen LogP contribution in [0, 0.1) is 6.92 Å². The lowest BCUT2D eigenvalue weighted by Crippen LogP contribution is -2.00. The van der Waals surface area contributed by atoms with Gasteiger partial charge in [-0.05, 0) is 30.2 Å². The highest BCUT2D eigenvalue weighted by molar-refractivity contribution is 6.33. The first-order valence-electron chi connectivity index (χ1n) is 5.84. The lowest BCUT2D eigenvalue weighted by atomic mass is 10.0. The molecule has 0 bridgehead atoms. The molecule has 2 aromatic carbocycles. The molecule has 3 heteroatoms. The van der Waals surface area contributed by atoms with Gasteiger partial charge in [0.2, 0.25) is 0 Å². The second-order valence-corrected chi connectivity index (χ2v) is 4.66. The van der Waals surface area contributed by atoms with Crippen molar-refractivity contribution >= 4 is 29.2 Å². The first-order valence-corrected chi connectivity index (χ1v) is 6.22. The molecule has 0 aliphatic carbocycles. The van der Waals surface area contributed by atoms with Crippen molar-refractivity contribution in [2.24, 2.45) is 0 Å². The maximum atomic E-state index is 11.4. The summed E-state index contributed by atoms with van der Waals surface area (Å²) >= 11 is 6.05. The summed E-state index contributed by atoms with van der Waals surface area (Å²) in [5.41, 5.74) is 2.62. The molecule has 0 radical (unpaired) electrons. The number of aryl methyl sites for hydroxylation is 1. The Morgan fingerprint density at radius 3 is 2.53 bits per heavy atom. The number of rotatable bonds is 3. The Labute approximate surface area is 117 Å². The molecule has 0 aromatic heterocycles. The summed E-state index contributed by atoms with van der Waals surface area (Å²) in [6.45, 7) is 1.93. The van der Waals surface area contributed by atoms with Crippen molar-refractivity contribution in [3.05, 3.63) is 70.2 Å². The largest absolute Gasteiger partial charge is 0.478 e. The first kappa shape index (κ1) is 13.4. The molecule has 0 atom stereocenters. The van der Waals surface area contributed by atoms with Crippen LogP contribution in [0.5, 0.6) is 0 Å². The van der Waals surface area contributed by atoms with Gasteiger partial charge >= 0.3 is 5.97 Å². The number of hydrogen-bond donors (Lipinski definition) is 1. The highest BCUT2D eigenvalue weighted by Crippen LogP contribution is 2.23. The summed E-state index contributed by atoms with van der Waals surface area (Å²) < 4.78 is 0. The van der Waals surface area contributed by atoms with E-state index in [9.17, 15) is 9.90 Å². The van der Waals surface area contributed by atoms with Crippen LogP contribution >= 0.6 is 11.6 Å². The number of halogens is 1. The lowest BCUT2D eigenvalue weighted by molar-refractivity contribution is -0.130. The fourth-order valence-electron chi connectivity index (χ4n) is 1.83. The molecular formula is C16H13ClO2. The predicted molar refractivity (Wildman–Crippen MR) is 78.1 cm³/mol. The minimum atomic E-state index is -0.967. The number of carboxylic acid groups (broad SMARTS) is 1. The van der Waals surface area contributed by atoms with E-state index >= 15 is 0 Å². The van der Waals surface area contributed by atoms with Gasteiger partial charge in [0, 0.05) is 5.02 Å². The highest BCUT2D eigenvalue weighted by Gasteiger charge is 2.11. The molecule has 0 saturated heterocycles. The summed E-state index contributed by atoms with van der Waals surface area (Å²) in [5.74, 6) is -0.967. The van der Waals surface area contributed by atoms with E-state index in [1.807, 2.05) is 37.3 Å². The molecule has 0 unspecified atom stereocenters. The SMILES string of the molecule is Cc1cccc(/C(=C\c2ccccc2Cl)C(=O)O)c1.